The number of amides is 1. The van der Waals surface area contributed by atoms with Crippen molar-refractivity contribution in [2.75, 3.05) is 5.75 Å². The SMILES string of the molecule is Cc1ccc(CSc2nnc(SCC(=O)N/N=C/C(Cl)=C/c3ccccc3)s2)cc1. The van der Waals surface area contributed by atoms with Crippen LogP contribution in [0.2, 0.25) is 0 Å². The molecule has 0 saturated heterocycles. The predicted molar refractivity (Wildman–Crippen MR) is 128 cm³/mol. The molecular formula is C21H19ClN4OS3. The molecule has 0 radical (unpaired) electrons. The van der Waals surface area contributed by atoms with Crippen molar-refractivity contribution in [1.29, 1.82) is 0 Å². The first-order valence-electron chi connectivity index (χ1n) is 8.97. The number of halogens is 1. The van der Waals surface area contributed by atoms with Crippen LogP contribution in [0.25, 0.3) is 6.08 Å². The van der Waals surface area contributed by atoms with E-state index >= 15 is 0 Å². The van der Waals surface area contributed by atoms with Gasteiger partial charge < -0.3 is 0 Å². The van der Waals surface area contributed by atoms with E-state index in [0.29, 0.717) is 5.03 Å². The molecule has 9 heteroatoms. The maximum Gasteiger partial charge on any atom is 0.250 e. The quantitative estimate of drug-likeness (QED) is 0.248. The molecule has 2 aromatic carbocycles. The van der Waals surface area contributed by atoms with E-state index in [1.807, 2.05) is 30.3 Å². The number of thioether (sulfide) groups is 2. The summed E-state index contributed by atoms with van der Waals surface area (Å²) in [7, 11) is 0. The number of allylic oxidation sites excluding steroid dienone is 1. The molecule has 0 bridgehead atoms. The van der Waals surface area contributed by atoms with Crippen LogP contribution in [0.1, 0.15) is 16.7 Å². The zero-order chi connectivity index (χ0) is 21.2. The van der Waals surface area contributed by atoms with Crippen LogP contribution >= 0.6 is 46.5 Å². The highest BCUT2D eigenvalue weighted by atomic mass is 35.5. The zero-order valence-electron chi connectivity index (χ0n) is 16.1. The van der Waals surface area contributed by atoms with Crippen LogP contribution < -0.4 is 5.43 Å². The average molecular weight is 475 g/mol. The van der Waals surface area contributed by atoms with E-state index in [1.54, 1.807) is 17.8 Å². The van der Waals surface area contributed by atoms with Gasteiger partial charge in [-0.3, -0.25) is 4.79 Å². The standard InChI is InChI=1S/C21H19ClN4OS3/c1-15-7-9-17(10-8-15)13-28-20-25-26-21(30-20)29-14-19(27)24-23-12-18(22)11-16-5-3-2-4-6-16/h2-12H,13-14H2,1H3,(H,24,27)/b18-11-,23-12+. The smallest absolute Gasteiger partial charge is 0.250 e. The minimum atomic E-state index is -0.232. The molecule has 0 aliphatic rings. The third kappa shape index (κ3) is 7.95. The fraction of sp³-hybridized carbons (Fsp3) is 0.143. The molecule has 0 atom stereocenters. The van der Waals surface area contributed by atoms with E-state index in [1.165, 1.54) is 40.4 Å². The predicted octanol–water partition coefficient (Wildman–Crippen LogP) is 5.61. The minimum Gasteiger partial charge on any atom is -0.272 e. The number of aryl methyl sites for hydroxylation is 1. The molecular weight excluding hydrogens is 456 g/mol. The number of hydrogen-bond donors (Lipinski definition) is 1. The lowest BCUT2D eigenvalue weighted by Gasteiger charge is -1.99. The van der Waals surface area contributed by atoms with Crippen molar-refractivity contribution in [3.63, 3.8) is 0 Å². The second kappa shape index (κ2) is 11.9. The average Bonchev–Trinajstić information content (AvgIpc) is 3.20. The van der Waals surface area contributed by atoms with E-state index in [4.69, 9.17) is 11.6 Å². The van der Waals surface area contributed by atoms with Gasteiger partial charge in [-0.2, -0.15) is 5.10 Å². The fourth-order valence-electron chi connectivity index (χ4n) is 2.21. The number of hydrogen-bond acceptors (Lipinski definition) is 7. The molecule has 0 unspecified atom stereocenters. The Balaban J connectivity index is 1.39. The molecule has 0 aliphatic carbocycles. The molecule has 154 valence electrons. The summed E-state index contributed by atoms with van der Waals surface area (Å²) in [5.41, 5.74) is 5.91. The van der Waals surface area contributed by atoms with Gasteiger partial charge in [-0.05, 0) is 24.1 Å². The Morgan fingerprint density at radius 3 is 2.53 bits per heavy atom. The van der Waals surface area contributed by atoms with Crippen molar-refractivity contribution >= 4 is 64.7 Å². The van der Waals surface area contributed by atoms with Crippen molar-refractivity contribution < 1.29 is 4.79 Å². The topological polar surface area (TPSA) is 67.2 Å². The van der Waals surface area contributed by atoms with Crippen molar-refractivity contribution in [3.8, 4) is 0 Å². The highest BCUT2D eigenvalue weighted by Gasteiger charge is 2.08. The number of rotatable bonds is 9. The molecule has 1 amide bonds. The largest absolute Gasteiger partial charge is 0.272 e. The van der Waals surface area contributed by atoms with Gasteiger partial charge in [0.2, 0.25) is 0 Å². The van der Waals surface area contributed by atoms with Gasteiger partial charge in [0.15, 0.2) is 8.68 Å². The van der Waals surface area contributed by atoms with Gasteiger partial charge in [0.25, 0.3) is 5.91 Å². The summed E-state index contributed by atoms with van der Waals surface area (Å²) in [6.07, 6.45) is 3.17. The summed E-state index contributed by atoms with van der Waals surface area (Å²) in [5, 5.41) is 12.6. The van der Waals surface area contributed by atoms with Crippen LogP contribution in [0.3, 0.4) is 0 Å². The van der Waals surface area contributed by atoms with Crippen molar-refractivity contribution in [2.24, 2.45) is 5.10 Å². The minimum absolute atomic E-state index is 0.203. The van der Waals surface area contributed by atoms with Gasteiger partial charge in [-0.1, -0.05) is 107 Å². The van der Waals surface area contributed by atoms with Crippen molar-refractivity contribution in [3.05, 3.63) is 76.3 Å². The van der Waals surface area contributed by atoms with Crippen molar-refractivity contribution in [1.82, 2.24) is 15.6 Å². The summed E-state index contributed by atoms with van der Waals surface area (Å²) in [4.78, 5) is 11.9. The molecule has 0 aliphatic heterocycles. The molecule has 0 spiro atoms. The molecule has 0 fully saturated rings. The number of benzene rings is 2. The Hall–Kier alpha value is -2.13. The number of carbonyl (C=O) groups excluding carboxylic acids is 1. The van der Waals surface area contributed by atoms with Crippen LogP contribution in [0.5, 0.6) is 0 Å². The molecule has 30 heavy (non-hydrogen) atoms. The van der Waals surface area contributed by atoms with Crippen LogP contribution in [0, 0.1) is 6.92 Å². The maximum atomic E-state index is 11.9. The van der Waals surface area contributed by atoms with Crippen molar-refractivity contribution in [2.45, 2.75) is 21.4 Å². The number of carbonyl (C=O) groups is 1. The summed E-state index contributed by atoms with van der Waals surface area (Å²) in [5.74, 6) is 0.810. The number of nitrogens with one attached hydrogen (secondary N) is 1. The Bertz CT molecular complexity index is 1020. The molecule has 1 aromatic heterocycles. The third-order valence-electron chi connectivity index (χ3n) is 3.68. The highest BCUT2D eigenvalue weighted by molar-refractivity contribution is 8.03. The summed E-state index contributed by atoms with van der Waals surface area (Å²) in [6.45, 7) is 2.07. The van der Waals surface area contributed by atoms with Gasteiger partial charge in [-0.25, -0.2) is 5.43 Å². The van der Waals surface area contributed by atoms with Gasteiger partial charge >= 0.3 is 0 Å². The van der Waals surface area contributed by atoms with Gasteiger partial charge in [-0.15, -0.1) is 10.2 Å². The Morgan fingerprint density at radius 1 is 1.10 bits per heavy atom. The Morgan fingerprint density at radius 2 is 1.80 bits per heavy atom. The van der Waals surface area contributed by atoms with Gasteiger partial charge in [0, 0.05) is 5.75 Å². The summed E-state index contributed by atoms with van der Waals surface area (Å²) in [6, 6.07) is 18.1. The molecule has 3 rings (SSSR count). The first-order chi connectivity index (χ1) is 14.6. The normalized spacial score (nSPS) is 11.7. The number of hydrazone groups is 1. The lowest BCUT2D eigenvalue weighted by molar-refractivity contribution is -0.118. The third-order valence-corrected chi connectivity index (χ3v) is 7.15. The van der Waals surface area contributed by atoms with Crippen LogP contribution in [-0.4, -0.2) is 28.1 Å². The molecule has 1 N–H and O–H groups in total. The second-order valence-electron chi connectivity index (χ2n) is 6.13. The number of aromatic nitrogens is 2. The Labute approximate surface area is 193 Å². The Kier molecular flexibility index (Phi) is 8.95. The van der Waals surface area contributed by atoms with Crippen LogP contribution in [-0.2, 0) is 10.5 Å². The van der Waals surface area contributed by atoms with E-state index in [0.717, 1.165) is 20.0 Å². The summed E-state index contributed by atoms with van der Waals surface area (Å²) < 4.78 is 1.64. The molecule has 3 aromatic rings. The lowest BCUT2D eigenvalue weighted by atomic mass is 10.2. The zero-order valence-corrected chi connectivity index (χ0v) is 19.3. The fourth-order valence-corrected chi connectivity index (χ4v) is 5.16. The van der Waals surface area contributed by atoms with Crippen LogP contribution in [0.4, 0.5) is 0 Å². The van der Waals surface area contributed by atoms with Gasteiger partial charge in [0.05, 0.1) is 17.0 Å². The summed E-state index contributed by atoms with van der Waals surface area (Å²) >= 11 is 10.5. The lowest BCUT2D eigenvalue weighted by Crippen LogP contribution is -2.19. The van der Waals surface area contributed by atoms with Gasteiger partial charge in [0.1, 0.15) is 0 Å². The van der Waals surface area contributed by atoms with E-state index in [9.17, 15) is 4.79 Å². The molecule has 0 saturated carbocycles. The maximum absolute atomic E-state index is 11.9. The first-order valence-corrected chi connectivity index (χ1v) is 12.1. The second-order valence-corrected chi connectivity index (χ2v) is 9.99. The monoisotopic (exact) mass is 474 g/mol. The van der Waals surface area contributed by atoms with E-state index < -0.39 is 0 Å². The van der Waals surface area contributed by atoms with E-state index in [-0.39, 0.29) is 11.7 Å². The van der Waals surface area contributed by atoms with Crippen LogP contribution in [0.15, 0.2) is 73.4 Å². The number of nitrogens with zero attached hydrogens (tertiary/aromatic N) is 3. The first kappa shape index (κ1) is 22.6. The molecule has 1 heterocycles. The van der Waals surface area contributed by atoms with E-state index in [2.05, 4.69) is 51.9 Å². The molecule has 5 nitrogen and oxygen atoms in total. The highest BCUT2D eigenvalue weighted by Crippen LogP contribution is 2.30.